The molecule has 0 aliphatic carbocycles. The van der Waals surface area contributed by atoms with Crippen LogP contribution in [0.5, 0.6) is 0 Å². The van der Waals surface area contributed by atoms with Gasteiger partial charge in [0.25, 0.3) is 0 Å². The van der Waals surface area contributed by atoms with E-state index < -0.39 is 6.10 Å². The van der Waals surface area contributed by atoms with Crippen molar-refractivity contribution in [2.75, 3.05) is 13.7 Å². The van der Waals surface area contributed by atoms with Crippen LogP contribution >= 0.6 is 11.6 Å². The second-order valence-electron chi connectivity index (χ2n) is 5.38. The number of β-amino-alcohol motifs (C(OH)–C–C–N with tert-alkyl or cyclic N) is 1. The monoisotopic (exact) mass is 297 g/mol. The minimum Gasteiger partial charge on any atom is -0.468 e. The van der Waals surface area contributed by atoms with Crippen LogP contribution in [0.25, 0.3) is 0 Å². The lowest BCUT2D eigenvalue weighted by Gasteiger charge is -2.24. The summed E-state index contributed by atoms with van der Waals surface area (Å²) in [6.45, 7) is 5.12. The molecule has 110 valence electrons. The first-order valence-corrected chi connectivity index (χ1v) is 7.05. The summed E-state index contributed by atoms with van der Waals surface area (Å²) in [7, 11) is 1.38. The van der Waals surface area contributed by atoms with Crippen LogP contribution in [0.2, 0.25) is 5.02 Å². The first-order valence-electron chi connectivity index (χ1n) is 6.68. The average molecular weight is 298 g/mol. The minimum atomic E-state index is -0.480. The highest BCUT2D eigenvalue weighted by Gasteiger charge is 2.36. The number of methoxy groups -OCH3 is 1. The molecule has 20 heavy (non-hydrogen) atoms. The molecule has 2 atom stereocenters. The quantitative estimate of drug-likeness (QED) is 0.868. The number of halogens is 1. The molecule has 0 radical (unpaired) electrons. The molecule has 1 heterocycles. The highest BCUT2D eigenvalue weighted by Crippen LogP contribution is 2.26. The number of carbonyl (C=O) groups is 1. The van der Waals surface area contributed by atoms with Crippen molar-refractivity contribution in [3.8, 4) is 0 Å². The van der Waals surface area contributed by atoms with E-state index in [1.807, 2.05) is 30.9 Å². The summed E-state index contributed by atoms with van der Waals surface area (Å²) in [5.41, 5.74) is 3.34. The van der Waals surface area contributed by atoms with Crippen molar-refractivity contribution in [3.63, 3.8) is 0 Å². The lowest BCUT2D eigenvalue weighted by molar-refractivity contribution is -0.146. The fourth-order valence-electron chi connectivity index (χ4n) is 2.83. The van der Waals surface area contributed by atoms with Gasteiger partial charge in [-0.15, -0.1) is 0 Å². The second-order valence-corrected chi connectivity index (χ2v) is 5.81. The van der Waals surface area contributed by atoms with E-state index in [9.17, 15) is 9.90 Å². The molecule has 0 aromatic heterocycles. The van der Waals surface area contributed by atoms with E-state index in [0.29, 0.717) is 19.5 Å². The summed E-state index contributed by atoms with van der Waals surface area (Å²) >= 11 is 6.04. The first-order chi connectivity index (χ1) is 9.42. The van der Waals surface area contributed by atoms with Crippen LogP contribution in [-0.4, -0.2) is 41.8 Å². The zero-order chi connectivity index (χ0) is 14.9. The van der Waals surface area contributed by atoms with E-state index >= 15 is 0 Å². The molecule has 1 aromatic carbocycles. The van der Waals surface area contributed by atoms with Gasteiger partial charge in [0.05, 0.1) is 13.2 Å². The van der Waals surface area contributed by atoms with E-state index in [-0.39, 0.29) is 12.0 Å². The highest BCUT2D eigenvalue weighted by molar-refractivity contribution is 6.30. The van der Waals surface area contributed by atoms with Gasteiger partial charge in [-0.1, -0.05) is 11.6 Å². The zero-order valence-corrected chi connectivity index (χ0v) is 12.8. The van der Waals surface area contributed by atoms with Gasteiger partial charge in [0, 0.05) is 24.5 Å². The number of carbonyl (C=O) groups excluding carboxylic acids is 1. The third-order valence-corrected chi connectivity index (χ3v) is 4.09. The Hall–Kier alpha value is -1.10. The molecule has 0 amide bonds. The first kappa shape index (κ1) is 15.3. The van der Waals surface area contributed by atoms with E-state index in [1.54, 1.807) is 0 Å². The Morgan fingerprint density at radius 2 is 2.05 bits per heavy atom. The number of aliphatic hydroxyl groups excluding tert-OH is 1. The number of nitrogens with zero attached hydrogens (tertiary/aromatic N) is 1. The topological polar surface area (TPSA) is 49.8 Å². The molecule has 1 aromatic rings. The summed E-state index contributed by atoms with van der Waals surface area (Å²) in [5.74, 6) is -0.286. The van der Waals surface area contributed by atoms with Gasteiger partial charge < -0.3 is 9.84 Å². The van der Waals surface area contributed by atoms with Crippen molar-refractivity contribution in [2.45, 2.75) is 39.0 Å². The van der Waals surface area contributed by atoms with Gasteiger partial charge in [0.2, 0.25) is 0 Å². The second kappa shape index (κ2) is 6.12. The third kappa shape index (κ3) is 3.14. The molecule has 1 aliphatic rings. The molecule has 1 saturated heterocycles. The number of hydrogen-bond acceptors (Lipinski definition) is 4. The number of aliphatic hydroxyl groups is 1. The molecule has 2 rings (SSSR count). The Morgan fingerprint density at radius 3 is 2.60 bits per heavy atom. The molecule has 1 aliphatic heterocycles. The molecule has 1 N–H and O–H groups in total. The van der Waals surface area contributed by atoms with Crippen LogP contribution < -0.4 is 0 Å². The summed E-state index contributed by atoms with van der Waals surface area (Å²) in [6.07, 6.45) is -0.0507. The lowest BCUT2D eigenvalue weighted by Crippen LogP contribution is -2.36. The van der Waals surface area contributed by atoms with E-state index in [2.05, 4.69) is 0 Å². The number of benzene rings is 1. The third-order valence-electron chi connectivity index (χ3n) is 3.88. The van der Waals surface area contributed by atoms with Crippen molar-refractivity contribution in [1.82, 2.24) is 4.90 Å². The number of ether oxygens (including phenoxy) is 1. The fourth-order valence-corrected chi connectivity index (χ4v) is 3.16. The van der Waals surface area contributed by atoms with Crippen LogP contribution in [0.15, 0.2) is 12.1 Å². The van der Waals surface area contributed by atoms with Crippen LogP contribution in [0.3, 0.4) is 0 Å². The molecule has 0 unspecified atom stereocenters. The molecular formula is C15H20ClNO3. The van der Waals surface area contributed by atoms with Gasteiger partial charge in [0.1, 0.15) is 6.04 Å². The van der Waals surface area contributed by atoms with E-state index in [0.717, 1.165) is 21.7 Å². The predicted molar refractivity (Wildman–Crippen MR) is 77.8 cm³/mol. The van der Waals surface area contributed by atoms with Gasteiger partial charge in [0.15, 0.2) is 0 Å². The Morgan fingerprint density at radius 1 is 1.45 bits per heavy atom. The molecule has 0 spiro atoms. The number of likely N-dealkylation sites (tertiary alicyclic amines) is 1. The minimum absolute atomic E-state index is 0.286. The van der Waals surface area contributed by atoms with E-state index in [1.165, 1.54) is 7.11 Å². The van der Waals surface area contributed by atoms with Crippen LogP contribution in [0.1, 0.15) is 23.1 Å². The van der Waals surface area contributed by atoms with Crippen molar-refractivity contribution in [1.29, 1.82) is 0 Å². The molecule has 4 nitrogen and oxygen atoms in total. The number of rotatable bonds is 3. The maximum Gasteiger partial charge on any atom is 0.323 e. The van der Waals surface area contributed by atoms with Crippen molar-refractivity contribution >= 4 is 17.6 Å². The largest absolute Gasteiger partial charge is 0.468 e. The molecule has 1 fully saturated rings. The molecule has 5 heteroatoms. The molecule has 0 bridgehead atoms. The number of esters is 1. The predicted octanol–water partition coefficient (Wildman–Crippen LogP) is 2.07. The summed E-state index contributed by atoms with van der Waals surface area (Å²) in [6, 6.07) is 3.47. The molecule has 0 saturated carbocycles. The Kier molecular flexibility index (Phi) is 4.68. The molecular weight excluding hydrogens is 278 g/mol. The number of hydrogen-bond donors (Lipinski definition) is 1. The fraction of sp³-hybridized carbons (Fsp3) is 0.533. The summed E-state index contributed by atoms with van der Waals surface area (Å²) in [5, 5.41) is 10.5. The van der Waals surface area contributed by atoms with E-state index in [4.69, 9.17) is 16.3 Å². The standard InChI is InChI=1S/C15H20ClNO3/c1-9-4-11(16)5-10(2)13(9)8-17-7-12(18)6-14(17)15(19)20-3/h4-5,12,14,18H,6-8H2,1-3H3/t12-,14+/m1/s1. The lowest BCUT2D eigenvalue weighted by atomic mass is 10.0. The smallest absolute Gasteiger partial charge is 0.323 e. The van der Waals surface area contributed by atoms with Crippen molar-refractivity contribution in [3.05, 3.63) is 33.8 Å². The van der Waals surface area contributed by atoms with Gasteiger partial charge in [-0.2, -0.15) is 0 Å². The maximum atomic E-state index is 11.8. The van der Waals surface area contributed by atoms with Crippen LogP contribution in [0, 0.1) is 13.8 Å². The van der Waals surface area contributed by atoms with Gasteiger partial charge in [-0.05, 0) is 42.7 Å². The summed E-state index contributed by atoms with van der Waals surface area (Å²) < 4.78 is 4.82. The highest BCUT2D eigenvalue weighted by atomic mass is 35.5. The van der Waals surface area contributed by atoms with Gasteiger partial charge >= 0.3 is 5.97 Å². The van der Waals surface area contributed by atoms with Gasteiger partial charge in [-0.25, -0.2) is 0 Å². The summed E-state index contributed by atoms with van der Waals surface area (Å²) in [4.78, 5) is 13.8. The number of aryl methyl sites for hydroxylation is 2. The Balaban J connectivity index is 2.22. The van der Waals surface area contributed by atoms with Crippen molar-refractivity contribution in [2.24, 2.45) is 0 Å². The average Bonchev–Trinajstić information content (AvgIpc) is 2.74. The Labute approximate surface area is 124 Å². The zero-order valence-electron chi connectivity index (χ0n) is 12.0. The SMILES string of the molecule is COC(=O)[C@@H]1C[C@@H](O)CN1Cc1c(C)cc(Cl)cc1C. The van der Waals surface area contributed by atoms with Crippen molar-refractivity contribution < 1.29 is 14.6 Å². The maximum absolute atomic E-state index is 11.8. The normalized spacial score (nSPS) is 23.1. The van der Waals surface area contributed by atoms with Crippen LogP contribution in [-0.2, 0) is 16.1 Å². The Bertz CT molecular complexity index is 495. The van der Waals surface area contributed by atoms with Gasteiger partial charge in [-0.3, -0.25) is 9.69 Å². The van der Waals surface area contributed by atoms with Crippen LogP contribution in [0.4, 0.5) is 0 Å².